The Bertz CT molecular complexity index is 158. The molecule has 1 atom stereocenters. The van der Waals surface area contributed by atoms with Gasteiger partial charge in [0.05, 0.1) is 0 Å². The monoisotopic (exact) mass is 193 g/mol. The zero-order chi connectivity index (χ0) is 9.28. The summed E-state index contributed by atoms with van der Waals surface area (Å²) in [6, 6.07) is 0. The van der Waals surface area contributed by atoms with E-state index in [1.54, 1.807) is 0 Å². The molecule has 11 heavy (non-hydrogen) atoms. The molecular formula is C8H18OPS+. The molecule has 0 aliphatic heterocycles. The summed E-state index contributed by atoms with van der Waals surface area (Å²) < 4.78 is 11.2. The summed E-state index contributed by atoms with van der Waals surface area (Å²) in [5, 5.41) is -0.142. The molecule has 0 spiro atoms. The van der Waals surface area contributed by atoms with Crippen molar-refractivity contribution >= 4 is 19.3 Å². The van der Waals surface area contributed by atoms with Crippen LogP contribution in [0.25, 0.3) is 0 Å². The standard InChI is InChI=1S/C8H17OPS/c1-7(2,3)6-8(4,5)10(9)11/h6H2,1-5H3/p+1. The van der Waals surface area contributed by atoms with Crippen molar-refractivity contribution in [1.82, 2.24) is 0 Å². The fourth-order valence-electron chi connectivity index (χ4n) is 1.37. The van der Waals surface area contributed by atoms with Gasteiger partial charge < -0.3 is 0 Å². The summed E-state index contributed by atoms with van der Waals surface area (Å²) in [6.07, 6.45) is 0.943. The zero-order valence-corrected chi connectivity index (χ0v) is 9.80. The summed E-state index contributed by atoms with van der Waals surface area (Å²) in [5.41, 5.74) is 0.233. The lowest BCUT2D eigenvalue weighted by atomic mass is 9.86. The highest BCUT2D eigenvalue weighted by molar-refractivity contribution is 8.41. The minimum Gasteiger partial charge on any atom is -0.0600 e. The van der Waals surface area contributed by atoms with Crippen LogP contribution in [0.2, 0.25) is 0 Å². The Morgan fingerprint density at radius 2 is 1.55 bits per heavy atom. The van der Waals surface area contributed by atoms with E-state index in [9.17, 15) is 4.57 Å². The van der Waals surface area contributed by atoms with E-state index in [1.165, 1.54) is 0 Å². The molecule has 66 valence electrons. The maximum absolute atomic E-state index is 11.2. The van der Waals surface area contributed by atoms with Gasteiger partial charge in [0.15, 0.2) is 5.16 Å². The molecule has 0 heterocycles. The molecule has 1 nitrogen and oxygen atoms in total. The molecule has 0 rings (SSSR count). The van der Waals surface area contributed by atoms with E-state index in [2.05, 4.69) is 33.0 Å². The van der Waals surface area contributed by atoms with E-state index in [0.29, 0.717) is 0 Å². The van der Waals surface area contributed by atoms with Gasteiger partial charge in [-0.15, -0.1) is 0 Å². The molecule has 0 fully saturated rings. The molecule has 0 bridgehead atoms. The molecule has 0 aromatic rings. The van der Waals surface area contributed by atoms with Gasteiger partial charge in [-0.2, -0.15) is 0 Å². The molecule has 0 aromatic carbocycles. The molecule has 0 saturated heterocycles. The first-order chi connectivity index (χ1) is 4.65. The lowest BCUT2D eigenvalue weighted by molar-refractivity contribution is 0.333. The Kier molecular flexibility index (Phi) is 3.59. The van der Waals surface area contributed by atoms with Gasteiger partial charge in [0.2, 0.25) is 0 Å². The van der Waals surface area contributed by atoms with Gasteiger partial charge in [-0.25, -0.2) is 0 Å². The third kappa shape index (κ3) is 4.81. The van der Waals surface area contributed by atoms with Crippen molar-refractivity contribution < 1.29 is 4.57 Å². The van der Waals surface area contributed by atoms with E-state index in [4.69, 9.17) is 0 Å². The first kappa shape index (κ1) is 11.4. The van der Waals surface area contributed by atoms with Crippen molar-refractivity contribution in [3.63, 3.8) is 0 Å². The van der Waals surface area contributed by atoms with Crippen LogP contribution in [0.1, 0.15) is 41.0 Å². The van der Waals surface area contributed by atoms with Crippen molar-refractivity contribution in [2.24, 2.45) is 5.41 Å². The van der Waals surface area contributed by atoms with Gasteiger partial charge in [0.25, 0.3) is 0 Å². The molecule has 0 saturated carbocycles. The molecule has 0 aliphatic rings. The van der Waals surface area contributed by atoms with Gasteiger partial charge in [0.1, 0.15) is 12.2 Å². The zero-order valence-electron chi connectivity index (χ0n) is 8.01. The average Bonchev–Trinajstić information content (AvgIpc) is 1.56. The first-order valence-electron chi connectivity index (χ1n) is 3.81. The summed E-state index contributed by atoms with van der Waals surface area (Å²) >= 11 is 4.00. The van der Waals surface area contributed by atoms with Crippen molar-refractivity contribution in [2.45, 2.75) is 46.2 Å². The maximum Gasteiger partial charge on any atom is 0.412 e. The second-order valence-electron chi connectivity index (χ2n) is 4.82. The Morgan fingerprint density at radius 1 is 1.18 bits per heavy atom. The maximum atomic E-state index is 11.2. The average molecular weight is 193 g/mol. The van der Waals surface area contributed by atoms with Crippen LogP contribution in [0.5, 0.6) is 0 Å². The fourth-order valence-corrected chi connectivity index (χ4v) is 2.19. The normalized spacial score (nSPS) is 14.9. The van der Waals surface area contributed by atoms with Crippen LogP contribution in [-0.2, 0) is 4.57 Å². The van der Waals surface area contributed by atoms with E-state index in [0.717, 1.165) is 6.42 Å². The van der Waals surface area contributed by atoms with Crippen molar-refractivity contribution in [1.29, 1.82) is 0 Å². The van der Waals surface area contributed by atoms with Crippen LogP contribution < -0.4 is 0 Å². The highest BCUT2D eigenvalue weighted by atomic mass is 32.7. The van der Waals surface area contributed by atoms with Crippen molar-refractivity contribution in [3.05, 3.63) is 0 Å². The van der Waals surface area contributed by atoms with E-state index in [1.807, 2.05) is 13.8 Å². The summed E-state index contributed by atoms with van der Waals surface area (Å²) in [5.74, 6) is 0. The molecular weight excluding hydrogens is 175 g/mol. The van der Waals surface area contributed by atoms with E-state index >= 15 is 0 Å². The fraction of sp³-hybridized carbons (Fsp3) is 1.00. The highest BCUT2D eigenvalue weighted by Crippen LogP contribution is 2.48. The van der Waals surface area contributed by atoms with Crippen LogP contribution in [-0.4, -0.2) is 5.16 Å². The van der Waals surface area contributed by atoms with Gasteiger partial charge in [-0.3, -0.25) is 0 Å². The van der Waals surface area contributed by atoms with Crippen molar-refractivity contribution in [2.75, 3.05) is 0 Å². The number of rotatable bonds is 2. The summed E-state index contributed by atoms with van der Waals surface area (Å²) in [6.45, 7) is 10.5. The summed E-state index contributed by atoms with van der Waals surface area (Å²) in [4.78, 5) is 0. The SMILES string of the molecule is CC(C)(C)CC(C)(C)[P+](=O)S. The first-order valence-corrected chi connectivity index (χ1v) is 6.23. The highest BCUT2D eigenvalue weighted by Gasteiger charge is 2.40. The second kappa shape index (κ2) is 3.45. The van der Waals surface area contributed by atoms with Crippen LogP contribution in [0.15, 0.2) is 0 Å². The third-order valence-corrected chi connectivity index (χ3v) is 4.30. The predicted molar refractivity (Wildman–Crippen MR) is 54.7 cm³/mol. The molecule has 0 aromatic heterocycles. The lowest BCUT2D eigenvalue weighted by Crippen LogP contribution is -2.22. The van der Waals surface area contributed by atoms with Gasteiger partial charge in [0, 0.05) is 6.42 Å². The second-order valence-corrected chi connectivity index (χ2v) is 7.67. The number of hydrogen-bond donors (Lipinski definition) is 1. The number of thiol groups is 1. The van der Waals surface area contributed by atoms with Crippen LogP contribution in [0.4, 0.5) is 0 Å². The molecule has 0 aliphatic carbocycles. The lowest BCUT2D eigenvalue weighted by Gasteiger charge is -2.23. The summed E-state index contributed by atoms with van der Waals surface area (Å²) in [7, 11) is -1.36. The smallest absolute Gasteiger partial charge is 0.0600 e. The van der Waals surface area contributed by atoms with Crippen LogP contribution in [0, 0.1) is 5.41 Å². The van der Waals surface area contributed by atoms with Gasteiger partial charge >= 0.3 is 7.00 Å². The topological polar surface area (TPSA) is 17.1 Å². The number of hydrogen-bond acceptors (Lipinski definition) is 1. The molecule has 0 N–H and O–H groups in total. The quantitative estimate of drug-likeness (QED) is 0.520. The van der Waals surface area contributed by atoms with E-state index in [-0.39, 0.29) is 10.6 Å². The van der Waals surface area contributed by atoms with Crippen LogP contribution in [0.3, 0.4) is 0 Å². The van der Waals surface area contributed by atoms with Gasteiger partial charge in [-0.1, -0.05) is 25.3 Å². The largest absolute Gasteiger partial charge is 0.412 e. The van der Waals surface area contributed by atoms with Gasteiger partial charge in [-0.05, 0) is 19.3 Å². The van der Waals surface area contributed by atoms with Crippen LogP contribution >= 0.6 is 19.3 Å². The third-order valence-electron chi connectivity index (χ3n) is 1.48. The Hall–Kier alpha value is 0.450. The Labute approximate surface area is 75.9 Å². The molecule has 0 radical (unpaired) electrons. The van der Waals surface area contributed by atoms with E-state index < -0.39 is 7.00 Å². The molecule has 1 unspecified atom stereocenters. The molecule has 3 heteroatoms. The Balaban J connectivity index is 4.25. The predicted octanol–water partition coefficient (Wildman–Crippen LogP) is 3.87. The minimum atomic E-state index is -1.36. The van der Waals surface area contributed by atoms with Crippen molar-refractivity contribution in [3.8, 4) is 0 Å². The Morgan fingerprint density at radius 3 is 1.64 bits per heavy atom. The minimum absolute atomic E-state index is 0.142. The molecule has 0 amide bonds.